The SMILES string of the molecule is CC(C)(C)c1ccc(Nc2cnc(C(=O)NC3CCCC3)cn2)cc1. The molecule has 1 heterocycles. The van der Waals surface area contributed by atoms with Crippen LogP contribution in [0.5, 0.6) is 0 Å². The van der Waals surface area contributed by atoms with Gasteiger partial charge in [0.2, 0.25) is 0 Å². The molecule has 1 saturated carbocycles. The van der Waals surface area contributed by atoms with Crippen molar-refractivity contribution in [3.8, 4) is 0 Å². The predicted octanol–water partition coefficient (Wildman–Crippen LogP) is 4.19. The molecule has 0 atom stereocenters. The lowest BCUT2D eigenvalue weighted by atomic mass is 9.87. The van der Waals surface area contributed by atoms with Gasteiger partial charge in [-0.2, -0.15) is 0 Å². The van der Waals surface area contributed by atoms with Crippen molar-refractivity contribution >= 4 is 17.4 Å². The lowest BCUT2D eigenvalue weighted by Crippen LogP contribution is -2.33. The molecule has 132 valence electrons. The van der Waals surface area contributed by atoms with Gasteiger partial charge in [0.15, 0.2) is 0 Å². The Hall–Kier alpha value is -2.43. The second-order valence-electron chi connectivity index (χ2n) is 7.69. The standard InChI is InChI=1S/C20H26N4O/c1-20(2,3)14-8-10-16(11-9-14)23-18-13-21-17(12-22-18)19(25)24-15-6-4-5-7-15/h8-13,15H,4-7H2,1-3H3,(H,22,23)(H,24,25). The molecular weight excluding hydrogens is 312 g/mol. The number of anilines is 2. The van der Waals surface area contributed by atoms with Crippen molar-refractivity contribution in [2.24, 2.45) is 0 Å². The highest BCUT2D eigenvalue weighted by atomic mass is 16.1. The van der Waals surface area contributed by atoms with Crippen LogP contribution in [-0.2, 0) is 5.41 Å². The first-order valence-corrected chi connectivity index (χ1v) is 8.92. The molecule has 25 heavy (non-hydrogen) atoms. The van der Waals surface area contributed by atoms with E-state index in [9.17, 15) is 4.79 Å². The van der Waals surface area contributed by atoms with Gasteiger partial charge in [0, 0.05) is 11.7 Å². The molecular formula is C20H26N4O. The summed E-state index contributed by atoms with van der Waals surface area (Å²) in [6.07, 6.45) is 7.62. The Morgan fingerprint density at radius 3 is 2.28 bits per heavy atom. The van der Waals surface area contributed by atoms with E-state index in [1.165, 1.54) is 24.6 Å². The van der Waals surface area contributed by atoms with Gasteiger partial charge < -0.3 is 10.6 Å². The van der Waals surface area contributed by atoms with Gasteiger partial charge in [-0.3, -0.25) is 4.79 Å². The smallest absolute Gasteiger partial charge is 0.271 e. The van der Waals surface area contributed by atoms with Crippen molar-refractivity contribution in [1.29, 1.82) is 0 Å². The van der Waals surface area contributed by atoms with Gasteiger partial charge in [-0.25, -0.2) is 9.97 Å². The van der Waals surface area contributed by atoms with Gasteiger partial charge in [-0.05, 0) is 36.0 Å². The molecule has 0 spiro atoms. The van der Waals surface area contributed by atoms with Crippen LogP contribution in [0.25, 0.3) is 0 Å². The zero-order valence-electron chi connectivity index (χ0n) is 15.2. The number of nitrogens with one attached hydrogen (secondary N) is 2. The molecule has 0 saturated heterocycles. The van der Waals surface area contributed by atoms with Crippen molar-refractivity contribution in [2.45, 2.75) is 57.9 Å². The molecule has 1 aromatic carbocycles. The average molecular weight is 338 g/mol. The van der Waals surface area contributed by atoms with Gasteiger partial charge in [0.05, 0.1) is 12.4 Å². The largest absolute Gasteiger partial charge is 0.348 e. The first kappa shape index (κ1) is 17.4. The Morgan fingerprint density at radius 1 is 1.04 bits per heavy atom. The van der Waals surface area contributed by atoms with Gasteiger partial charge in [-0.1, -0.05) is 45.7 Å². The van der Waals surface area contributed by atoms with E-state index in [0.29, 0.717) is 11.5 Å². The van der Waals surface area contributed by atoms with E-state index in [2.05, 4.69) is 53.5 Å². The predicted molar refractivity (Wildman–Crippen MR) is 100 cm³/mol. The maximum atomic E-state index is 12.2. The van der Waals surface area contributed by atoms with Crippen LogP contribution in [0, 0.1) is 0 Å². The fraction of sp³-hybridized carbons (Fsp3) is 0.450. The Kier molecular flexibility index (Phi) is 5.02. The lowest BCUT2D eigenvalue weighted by molar-refractivity contribution is 0.0932. The number of rotatable bonds is 4. The normalized spacial score (nSPS) is 15.2. The Bertz CT molecular complexity index is 711. The molecule has 1 aliphatic rings. The zero-order chi connectivity index (χ0) is 17.9. The summed E-state index contributed by atoms with van der Waals surface area (Å²) < 4.78 is 0. The first-order chi connectivity index (χ1) is 11.9. The number of carbonyl (C=O) groups excluding carboxylic acids is 1. The monoisotopic (exact) mass is 338 g/mol. The fourth-order valence-electron chi connectivity index (χ4n) is 3.04. The Morgan fingerprint density at radius 2 is 1.72 bits per heavy atom. The Labute approximate surface area is 149 Å². The lowest BCUT2D eigenvalue weighted by Gasteiger charge is -2.19. The van der Waals surface area contributed by atoms with Crippen LogP contribution >= 0.6 is 0 Å². The van der Waals surface area contributed by atoms with Crippen LogP contribution < -0.4 is 10.6 Å². The van der Waals surface area contributed by atoms with E-state index < -0.39 is 0 Å². The molecule has 1 amide bonds. The van der Waals surface area contributed by atoms with Crippen LogP contribution in [0.4, 0.5) is 11.5 Å². The number of carbonyl (C=O) groups is 1. The third-order valence-corrected chi connectivity index (χ3v) is 4.60. The van der Waals surface area contributed by atoms with Crippen molar-refractivity contribution in [3.63, 3.8) is 0 Å². The van der Waals surface area contributed by atoms with Gasteiger partial charge >= 0.3 is 0 Å². The van der Waals surface area contributed by atoms with E-state index in [4.69, 9.17) is 0 Å². The maximum absolute atomic E-state index is 12.2. The van der Waals surface area contributed by atoms with Crippen molar-refractivity contribution < 1.29 is 4.79 Å². The highest BCUT2D eigenvalue weighted by molar-refractivity contribution is 5.92. The summed E-state index contributed by atoms with van der Waals surface area (Å²) in [6.45, 7) is 6.57. The van der Waals surface area contributed by atoms with Crippen LogP contribution in [0.3, 0.4) is 0 Å². The van der Waals surface area contributed by atoms with E-state index in [0.717, 1.165) is 18.5 Å². The molecule has 0 aliphatic heterocycles. The summed E-state index contributed by atoms with van der Waals surface area (Å²) in [5.41, 5.74) is 2.72. The Balaban J connectivity index is 1.61. The van der Waals surface area contributed by atoms with E-state index in [1.807, 2.05) is 12.1 Å². The van der Waals surface area contributed by atoms with Crippen LogP contribution in [-0.4, -0.2) is 21.9 Å². The summed E-state index contributed by atoms with van der Waals surface area (Å²) >= 11 is 0. The summed E-state index contributed by atoms with van der Waals surface area (Å²) in [5.74, 6) is 0.487. The number of amides is 1. The van der Waals surface area contributed by atoms with Crippen LogP contribution in [0.15, 0.2) is 36.7 Å². The number of aromatic nitrogens is 2. The molecule has 1 aliphatic carbocycles. The van der Waals surface area contributed by atoms with Gasteiger partial charge in [0.1, 0.15) is 11.5 Å². The summed E-state index contributed by atoms with van der Waals surface area (Å²) in [4.78, 5) is 20.7. The molecule has 0 bridgehead atoms. The molecule has 0 radical (unpaired) electrons. The molecule has 2 aromatic rings. The van der Waals surface area contributed by atoms with E-state index in [-0.39, 0.29) is 17.4 Å². The first-order valence-electron chi connectivity index (χ1n) is 8.92. The van der Waals surface area contributed by atoms with Crippen molar-refractivity contribution in [3.05, 3.63) is 47.9 Å². The van der Waals surface area contributed by atoms with Crippen LogP contribution in [0.2, 0.25) is 0 Å². The molecule has 2 N–H and O–H groups in total. The summed E-state index contributed by atoms with van der Waals surface area (Å²) in [5, 5.41) is 6.24. The third-order valence-electron chi connectivity index (χ3n) is 4.60. The molecule has 5 heteroatoms. The van der Waals surface area contributed by atoms with E-state index >= 15 is 0 Å². The molecule has 1 fully saturated rings. The topological polar surface area (TPSA) is 66.9 Å². The average Bonchev–Trinajstić information content (AvgIpc) is 3.08. The fourth-order valence-corrected chi connectivity index (χ4v) is 3.04. The number of hydrogen-bond donors (Lipinski definition) is 2. The minimum absolute atomic E-state index is 0.132. The number of nitrogens with zero attached hydrogens (tertiary/aromatic N) is 2. The quantitative estimate of drug-likeness (QED) is 0.877. The molecule has 3 rings (SSSR count). The number of benzene rings is 1. The summed E-state index contributed by atoms with van der Waals surface area (Å²) in [6, 6.07) is 8.57. The second-order valence-corrected chi connectivity index (χ2v) is 7.69. The summed E-state index contributed by atoms with van der Waals surface area (Å²) in [7, 11) is 0. The van der Waals surface area contributed by atoms with Crippen LogP contribution in [0.1, 0.15) is 62.5 Å². The van der Waals surface area contributed by atoms with Gasteiger partial charge in [0.25, 0.3) is 5.91 Å². The minimum Gasteiger partial charge on any atom is -0.348 e. The molecule has 5 nitrogen and oxygen atoms in total. The third kappa shape index (κ3) is 4.56. The number of hydrogen-bond acceptors (Lipinski definition) is 4. The van der Waals surface area contributed by atoms with Gasteiger partial charge in [-0.15, -0.1) is 0 Å². The molecule has 0 unspecified atom stereocenters. The van der Waals surface area contributed by atoms with E-state index in [1.54, 1.807) is 6.20 Å². The molecule has 1 aromatic heterocycles. The maximum Gasteiger partial charge on any atom is 0.271 e. The minimum atomic E-state index is -0.138. The second kappa shape index (κ2) is 7.21. The highest BCUT2D eigenvalue weighted by Gasteiger charge is 2.18. The van der Waals surface area contributed by atoms with Crippen molar-refractivity contribution in [2.75, 3.05) is 5.32 Å². The zero-order valence-corrected chi connectivity index (χ0v) is 15.2. The van der Waals surface area contributed by atoms with Crippen molar-refractivity contribution in [1.82, 2.24) is 15.3 Å². The highest BCUT2D eigenvalue weighted by Crippen LogP contribution is 2.24.